The van der Waals surface area contributed by atoms with Crippen molar-refractivity contribution in [3.8, 4) is 0 Å². The Hall–Kier alpha value is 0.940. The Balaban J connectivity index is 2.96. The van der Waals surface area contributed by atoms with E-state index < -0.39 is 0 Å². The second kappa shape index (κ2) is 4.74. The average Bonchev–Trinajstić information content (AvgIpc) is 2.04. The summed E-state index contributed by atoms with van der Waals surface area (Å²) < 4.78 is 0. The van der Waals surface area contributed by atoms with Crippen molar-refractivity contribution in [2.45, 2.75) is 0 Å². The van der Waals surface area contributed by atoms with Gasteiger partial charge in [0.1, 0.15) is 0 Å². The predicted molar refractivity (Wildman–Crippen MR) is 61.8 cm³/mol. The van der Waals surface area contributed by atoms with Gasteiger partial charge in [0, 0.05) is 0 Å². The molecule has 0 aliphatic heterocycles. The summed E-state index contributed by atoms with van der Waals surface area (Å²) in [4.78, 5) is 0. The van der Waals surface area contributed by atoms with E-state index in [2.05, 4.69) is 42.1 Å². The van der Waals surface area contributed by atoms with Gasteiger partial charge in [-0.2, -0.15) is 0 Å². The van der Waals surface area contributed by atoms with Crippen LogP contribution in [-0.4, -0.2) is 0 Å². The molecule has 0 fully saturated rings. The Labute approximate surface area is 69.7 Å². The summed E-state index contributed by atoms with van der Waals surface area (Å²) >= 11 is 0. The van der Waals surface area contributed by atoms with E-state index in [9.17, 15) is 0 Å². The first-order chi connectivity index (χ1) is 4.88. The highest BCUT2D eigenvalue weighted by molar-refractivity contribution is 8.10. The van der Waals surface area contributed by atoms with Crippen molar-refractivity contribution >= 4 is 45.0 Å². The molecule has 0 N–H and O–H groups in total. The minimum atomic E-state index is 0.846. The molecule has 54 valence electrons. The van der Waals surface area contributed by atoms with Gasteiger partial charge in [0.15, 0.2) is 0 Å². The Bertz CT molecular complexity index is 188. The Morgan fingerprint density at radius 1 is 0.900 bits per heavy atom. The third-order valence-electron chi connectivity index (χ3n) is 1.24. The van der Waals surface area contributed by atoms with Gasteiger partial charge in [-0.25, -0.2) is 0 Å². The minimum absolute atomic E-state index is 0.846. The molecule has 4 atom stereocenters. The maximum atomic E-state index is 2.78. The molecule has 0 bridgehead atoms. The molecule has 10 heavy (non-hydrogen) atoms. The number of benzene rings is 1. The zero-order valence-electron chi connectivity index (χ0n) is 5.46. The number of hydrogen-bond donors (Lipinski definition) is 0. The topological polar surface area (TPSA) is 0 Å². The van der Waals surface area contributed by atoms with E-state index in [1.54, 1.807) is 0 Å². The van der Waals surface area contributed by atoms with Gasteiger partial charge in [-0.3, -0.25) is 0 Å². The molecule has 0 radical (unpaired) electrons. The predicted octanol–water partition coefficient (Wildman–Crippen LogP) is 1.87. The van der Waals surface area contributed by atoms with E-state index in [-0.39, 0.29) is 0 Å². The second-order valence-electron chi connectivity index (χ2n) is 1.83. The first-order valence-electron chi connectivity index (χ1n) is 2.90. The van der Waals surface area contributed by atoms with Crippen molar-refractivity contribution in [3.05, 3.63) is 24.3 Å². The van der Waals surface area contributed by atoms with Gasteiger partial charge in [-0.05, 0) is 10.6 Å². The van der Waals surface area contributed by atoms with E-state index in [1.165, 1.54) is 10.6 Å². The van der Waals surface area contributed by atoms with Gasteiger partial charge in [0.05, 0.1) is 0 Å². The molecule has 4 heteroatoms. The molecule has 1 aromatic rings. The SMILES string of the molecule is PPc1ccccc1PP. The van der Waals surface area contributed by atoms with E-state index in [4.69, 9.17) is 0 Å². The third-order valence-corrected chi connectivity index (χ3v) is 4.85. The molecule has 0 aromatic heterocycles. The third kappa shape index (κ3) is 2.22. The van der Waals surface area contributed by atoms with Crippen LogP contribution >= 0.6 is 34.4 Å². The maximum absolute atomic E-state index is 2.78. The van der Waals surface area contributed by atoms with Gasteiger partial charge < -0.3 is 0 Å². The number of hydrogen-bond acceptors (Lipinski definition) is 0. The maximum Gasteiger partial charge on any atom is -0.0156 e. The summed E-state index contributed by atoms with van der Waals surface area (Å²) in [5, 5.41) is 2.95. The Morgan fingerprint density at radius 2 is 1.30 bits per heavy atom. The standard InChI is InChI=1S/C6H10P4/c7-9-5-3-1-2-4-6(5)10-8/h1-4,9-10H,7-8H2. The first-order valence-corrected chi connectivity index (χ1v) is 8.52. The van der Waals surface area contributed by atoms with E-state index >= 15 is 0 Å². The highest BCUT2D eigenvalue weighted by Crippen LogP contribution is 2.24. The smallest absolute Gasteiger partial charge is 0.0156 e. The van der Waals surface area contributed by atoms with Crippen LogP contribution in [0.4, 0.5) is 0 Å². The Morgan fingerprint density at radius 3 is 1.60 bits per heavy atom. The van der Waals surface area contributed by atoms with Crippen LogP contribution in [0.25, 0.3) is 0 Å². The van der Waals surface area contributed by atoms with Crippen molar-refractivity contribution in [2.75, 3.05) is 0 Å². The van der Waals surface area contributed by atoms with E-state index in [0.717, 1.165) is 16.5 Å². The first kappa shape index (κ1) is 9.03. The fraction of sp³-hybridized carbons (Fsp3) is 0. The summed E-state index contributed by atoms with van der Waals surface area (Å²) in [5.74, 6) is 0. The summed E-state index contributed by atoms with van der Waals surface area (Å²) in [7, 11) is 7.25. The van der Waals surface area contributed by atoms with Crippen LogP contribution in [0.15, 0.2) is 24.3 Å². The fourth-order valence-corrected chi connectivity index (χ4v) is 4.41. The molecule has 1 rings (SSSR count). The summed E-state index contributed by atoms with van der Waals surface area (Å²) in [5.41, 5.74) is 0. The summed E-state index contributed by atoms with van der Waals surface area (Å²) in [6.45, 7) is 0. The molecule has 0 spiro atoms. The van der Waals surface area contributed by atoms with Gasteiger partial charge in [0.2, 0.25) is 0 Å². The lowest BCUT2D eigenvalue weighted by atomic mass is 10.4. The monoisotopic (exact) mass is 206 g/mol. The molecule has 0 aliphatic carbocycles. The highest BCUT2D eigenvalue weighted by Gasteiger charge is 1.94. The van der Waals surface area contributed by atoms with Crippen molar-refractivity contribution < 1.29 is 0 Å². The van der Waals surface area contributed by atoms with Gasteiger partial charge in [-0.15, -0.1) is 17.9 Å². The molecule has 0 saturated heterocycles. The molecule has 0 nitrogen and oxygen atoms in total. The second-order valence-corrected chi connectivity index (χ2v) is 5.22. The van der Waals surface area contributed by atoms with E-state index in [0.29, 0.717) is 0 Å². The molecule has 0 saturated carbocycles. The van der Waals surface area contributed by atoms with Crippen molar-refractivity contribution in [2.24, 2.45) is 0 Å². The van der Waals surface area contributed by atoms with Crippen LogP contribution in [0.1, 0.15) is 0 Å². The average molecular weight is 206 g/mol. The lowest BCUT2D eigenvalue weighted by molar-refractivity contribution is 1.84. The number of rotatable bonds is 2. The lowest BCUT2D eigenvalue weighted by Gasteiger charge is -2.02. The van der Waals surface area contributed by atoms with Crippen LogP contribution < -0.4 is 10.6 Å². The van der Waals surface area contributed by atoms with Crippen molar-refractivity contribution in [1.29, 1.82) is 0 Å². The molecule has 0 amide bonds. The van der Waals surface area contributed by atoms with Crippen molar-refractivity contribution in [3.63, 3.8) is 0 Å². The Kier molecular flexibility index (Phi) is 4.28. The molecule has 4 unspecified atom stereocenters. The lowest BCUT2D eigenvalue weighted by Crippen LogP contribution is -2.11. The molecule has 0 heterocycles. The van der Waals surface area contributed by atoms with Gasteiger partial charge >= 0.3 is 0 Å². The van der Waals surface area contributed by atoms with Gasteiger partial charge in [0.25, 0.3) is 0 Å². The largest absolute Gasteiger partial charge is 0.110 e. The quantitative estimate of drug-likeness (QED) is 0.648. The zero-order valence-corrected chi connectivity index (χ0v) is 9.77. The van der Waals surface area contributed by atoms with Crippen molar-refractivity contribution in [1.82, 2.24) is 0 Å². The van der Waals surface area contributed by atoms with Crippen LogP contribution in [0.5, 0.6) is 0 Å². The zero-order chi connectivity index (χ0) is 7.40. The van der Waals surface area contributed by atoms with Crippen LogP contribution in [0.2, 0.25) is 0 Å². The van der Waals surface area contributed by atoms with Crippen LogP contribution in [0.3, 0.4) is 0 Å². The van der Waals surface area contributed by atoms with Crippen LogP contribution in [0, 0.1) is 0 Å². The fourth-order valence-electron chi connectivity index (χ4n) is 0.735. The van der Waals surface area contributed by atoms with Gasteiger partial charge in [-0.1, -0.05) is 40.8 Å². The molecular formula is C6H10P4. The summed E-state index contributed by atoms with van der Waals surface area (Å²) in [6, 6.07) is 8.58. The van der Waals surface area contributed by atoms with E-state index in [1.807, 2.05) is 0 Å². The molecule has 0 aliphatic rings. The highest BCUT2D eigenvalue weighted by atomic mass is 32.0. The minimum Gasteiger partial charge on any atom is -0.110 e. The van der Waals surface area contributed by atoms with Crippen LogP contribution in [-0.2, 0) is 0 Å². The molecular weight excluding hydrogens is 196 g/mol. The normalized spacial score (nSPS) is 12.2. The summed E-state index contributed by atoms with van der Waals surface area (Å²) in [6.07, 6.45) is 0. The molecule has 1 aromatic carbocycles.